The second kappa shape index (κ2) is 9.06. The van der Waals surface area contributed by atoms with Gasteiger partial charge in [-0.1, -0.05) is 0 Å². The van der Waals surface area contributed by atoms with E-state index in [0.29, 0.717) is 34.5 Å². The molecule has 1 N–H and O–H groups in total. The number of halogens is 2. The standard InChI is InChI=1S/C25H27F2N7/c1-15(2)34-16(3)32-25-21(26)8-17(9-23(25)34)20-10-18(29-14-22(20)27)11-24-30-12-19(13-31-24)33-6-4-28-5-7-33/h8-10,12-15,28H,4-7,11H2,1-3H3. The molecule has 1 saturated heterocycles. The highest BCUT2D eigenvalue weighted by atomic mass is 19.1. The fourth-order valence-electron chi connectivity index (χ4n) is 4.56. The topological polar surface area (TPSA) is 71.8 Å². The van der Waals surface area contributed by atoms with Crippen molar-refractivity contribution in [2.45, 2.75) is 33.2 Å². The van der Waals surface area contributed by atoms with E-state index in [1.165, 1.54) is 12.3 Å². The van der Waals surface area contributed by atoms with Crippen LogP contribution in [0.25, 0.3) is 22.2 Å². The third-order valence-corrected chi connectivity index (χ3v) is 6.18. The van der Waals surface area contributed by atoms with Crippen LogP contribution in [0.4, 0.5) is 14.5 Å². The minimum atomic E-state index is -0.509. The van der Waals surface area contributed by atoms with Crippen molar-refractivity contribution in [3.63, 3.8) is 0 Å². The Kier molecular flexibility index (Phi) is 5.95. The molecular formula is C25H27F2N7. The van der Waals surface area contributed by atoms with Crippen LogP contribution in [-0.2, 0) is 6.42 Å². The summed E-state index contributed by atoms with van der Waals surface area (Å²) in [5, 5.41) is 3.32. The number of benzene rings is 1. The van der Waals surface area contributed by atoms with Crippen molar-refractivity contribution in [3.8, 4) is 11.1 Å². The Hall–Kier alpha value is -3.46. The molecule has 1 aliphatic rings. The van der Waals surface area contributed by atoms with Crippen molar-refractivity contribution in [2.75, 3.05) is 31.1 Å². The Balaban J connectivity index is 1.45. The summed E-state index contributed by atoms with van der Waals surface area (Å²) in [5.41, 5.74) is 3.27. The fourth-order valence-corrected chi connectivity index (χ4v) is 4.56. The lowest BCUT2D eigenvalue weighted by atomic mass is 10.0. The van der Waals surface area contributed by atoms with E-state index < -0.39 is 11.6 Å². The van der Waals surface area contributed by atoms with Crippen molar-refractivity contribution in [3.05, 3.63) is 65.8 Å². The molecule has 3 aromatic heterocycles. The molecular weight excluding hydrogens is 436 g/mol. The molecule has 0 saturated carbocycles. The van der Waals surface area contributed by atoms with E-state index in [2.05, 4.69) is 30.2 Å². The summed E-state index contributed by atoms with van der Waals surface area (Å²) in [6, 6.07) is 4.87. The minimum Gasteiger partial charge on any atom is -0.366 e. The number of fused-ring (bicyclic) bond motifs is 1. The van der Waals surface area contributed by atoms with Gasteiger partial charge < -0.3 is 14.8 Å². The molecule has 0 bridgehead atoms. The number of aromatic nitrogens is 5. The number of rotatable bonds is 5. The van der Waals surface area contributed by atoms with Crippen LogP contribution in [0.15, 0.2) is 36.8 Å². The number of nitrogens with one attached hydrogen (secondary N) is 1. The minimum absolute atomic E-state index is 0.0961. The van der Waals surface area contributed by atoms with Gasteiger partial charge in [0, 0.05) is 43.5 Å². The van der Waals surface area contributed by atoms with Crippen LogP contribution in [0.2, 0.25) is 0 Å². The van der Waals surface area contributed by atoms with E-state index >= 15 is 0 Å². The van der Waals surface area contributed by atoms with Crippen LogP contribution in [0.5, 0.6) is 0 Å². The first kappa shape index (κ1) is 22.3. The number of hydrogen-bond acceptors (Lipinski definition) is 6. The summed E-state index contributed by atoms with van der Waals surface area (Å²) in [6.07, 6.45) is 5.16. The van der Waals surface area contributed by atoms with Gasteiger partial charge in [-0.25, -0.2) is 23.7 Å². The molecule has 0 aliphatic carbocycles. The molecule has 9 heteroatoms. The van der Waals surface area contributed by atoms with Gasteiger partial charge in [0.2, 0.25) is 0 Å². The Morgan fingerprint density at radius 3 is 2.41 bits per heavy atom. The van der Waals surface area contributed by atoms with Crippen LogP contribution >= 0.6 is 0 Å². The second-order valence-electron chi connectivity index (χ2n) is 8.88. The highest BCUT2D eigenvalue weighted by Crippen LogP contribution is 2.31. The summed E-state index contributed by atoms with van der Waals surface area (Å²) in [4.78, 5) is 19.8. The maximum Gasteiger partial charge on any atom is 0.151 e. The third kappa shape index (κ3) is 4.23. The molecule has 176 valence electrons. The van der Waals surface area contributed by atoms with Gasteiger partial charge in [-0.05, 0) is 44.5 Å². The average molecular weight is 464 g/mol. The van der Waals surface area contributed by atoms with Gasteiger partial charge in [-0.2, -0.15) is 0 Å². The zero-order valence-corrected chi connectivity index (χ0v) is 19.5. The maximum absolute atomic E-state index is 14.9. The van der Waals surface area contributed by atoms with Crippen LogP contribution in [0, 0.1) is 18.6 Å². The predicted octanol–water partition coefficient (Wildman–Crippen LogP) is 4.06. The average Bonchev–Trinajstić information content (AvgIpc) is 3.18. The van der Waals surface area contributed by atoms with Gasteiger partial charge in [-0.3, -0.25) is 4.98 Å². The number of hydrogen-bond donors (Lipinski definition) is 1. The van der Waals surface area contributed by atoms with Crippen LogP contribution in [-0.4, -0.2) is 50.7 Å². The van der Waals surface area contributed by atoms with Crippen molar-refractivity contribution >= 4 is 16.7 Å². The summed E-state index contributed by atoms with van der Waals surface area (Å²) in [6.45, 7) is 9.58. The number of imidazole rings is 1. The zero-order chi connectivity index (χ0) is 23.8. The Bertz CT molecular complexity index is 1330. The molecule has 5 rings (SSSR count). The van der Waals surface area contributed by atoms with Crippen LogP contribution in [0.1, 0.15) is 37.2 Å². The fraction of sp³-hybridized carbons (Fsp3) is 0.360. The molecule has 0 amide bonds. The van der Waals surface area contributed by atoms with Gasteiger partial charge in [0.15, 0.2) is 5.82 Å². The SMILES string of the molecule is Cc1nc2c(F)cc(-c3cc(Cc4ncc(N5CCNCC5)cn4)ncc3F)cc2n1C(C)C. The lowest BCUT2D eigenvalue weighted by molar-refractivity contribution is 0.587. The van der Waals surface area contributed by atoms with E-state index in [9.17, 15) is 8.78 Å². The van der Waals surface area contributed by atoms with Gasteiger partial charge in [0.05, 0.1) is 36.2 Å². The molecule has 1 fully saturated rings. The van der Waals surface area contributed by atoms with E-state index in [1.54, 1.807) is 12.1 Å². The van der Waals surface area contributed by atoms with E-state index in [4.69, 9.17) is 0 Å². The smallest absolute Gasteiger partial charge is 0.151 e. The summed E-state index contributed by atoms with van der Waals surface area (Å²) < 4.78 is 31.7. The first-order valence-corrected chi connectivity index (χ1v) is 11.5. The third-order valence-electron chi connectivity index (χ3n) is 6.18. The maximum atomic E-state index is 14.9. The van der Waals surface area contributed by atoms with Gasteiger partial charge in [0.25, 0.3) is 0 Å². The predicted molar refractivity (Wildman–Crippen MR) is 128 cm³/mol. The normalized spacial score (nSPS) is 14.4. The molecule has 1 aromatic carbocycles. The summed E-state index contributed by atoms with van der Waals surface area (Å²) >= 11 is 0. The number of aryl methyl sites for hydroxylation is 1. The lowest BCUT2D eigenvalue weighted by Crippen LogP contribution is -2.43. The van der Waals surface area contributed by atoms with Crippen LogP contribution in [0.3, 0.4) is 0 Å². The van der Waals surface area contributed by atoms with Crippen LogP contribution < -0.4 is 10.2 Å². The molecule has 0 unspecified atom stereocenters. The number of pyridine rings is 1. The highest BCUT2D eigenvalue weighted by molar-refractivity contribution is 5.83. The first-order valence-electron chi connectivity index (χ1n) is 11.5. The molecule has 4 aromatic rings. The quantitative estimate of drug-likeness (QED) is 0.481. The van der Waals surface area contributed by atoms with Crippen molar-refractivity contribution < 1.29 is 8.78 Å². The monoisotopic (exact) mass is 463 g/mol. The Labute approximate surface area is 196 Å². The lowest BCUT2D eigenvalue weighted by Gasteiger charge is -2.28. The molecule has 34 heavy (non-hydrogen) atoms. The van der Waals surface area contributed by atoms with E-state index in [-0.39, 0.29) is 11.6 Å². The molecule has 0 spiro atoms. The zero-order valence-electron chi connectivity index (χ0n) is 19.5. The number of nitrogens with zero attached hydrogens (tertiary/aromatic N) is 6. The highest BCUT2D eigenvalue weighted by Gasteiger charge is 2.18. The molecule has 0 radical (unpaired) electrons. The van der Waals surface area contributed by atoms with Crippen molar-refractivity contribution in [1.82, 2.24) is 29.8 Å². The van der Waals surface area contributed by atoms with Gasteiger partial charge in [0.1, 0.15) is 23.0 Å². The largest absolute Gasteiger partial charge is 0.366 e. The number of piperazine rings is 1. The molecule has 1 aliphatic heterocycles. The van der Waals surface area contributed by atoms with E-state index in [1.807, 2.05) is 37.7 Å². The van der Waals surface area contributed by atoms with Gasteiger partial charge >= 0.3 is 0 Å². The molecule has 7 nitrogen and oxygen atoms in total. The summed E-state index contributed by atoms with van der Waals surface area (Å²) in [7, 11) is 0. The summed E-state index contributed by atoms with van der Waals surface area (Å²) in [5.74, 6) is 0.335. The molecule has 4 heterocycles. The Morgan fingerprint density at radius 1 is 0.971 bits per heavy atom. The second-order valence-corrected chi connectivity index (χ2v) is 8.88. The van der Waals surface area contributed by atoms with Gasteiger partial charge in [-0.15, -0.1) is 0 Å². The van der Waals surface area contributed by atoms with Crippen molar-refractivity contribution in [2.24, 2.45) is 0 Å². The number of anilines is 1. The Morgan fingerprint density at radius 2 is 1.71 bits per heavy atom. The molecule has 0 atom stereocenters. The first-order chi connectivity index (χ1) is 16.4. The van der Waals surface area contributed by atoms with Crippen molar-refractivity contribution in [1.29, 1.82) is 0 Å². The van der Waals surface area contributed by atoms with E-state index in [0.717, 1.165) is 37.7 Å².